The molecule has 1 N–H and O–H groups in total. The van der Waals surface area contributed by atoms with Gasteiger partial charge in [-0.25, -0.2) is 9.18 Å². The van der Waals surface area contributed by atoms with Gasteiger partial charge in [-0.05, 0) is 27.7 Å². The second-order valence-electron chi connectivity index (χ2n) is 5.27. The normalized spacial score (nSPS) is 28.0. The van der Waals surface area contributed by atoms with Crippen LogP contribution in [0.1, 0.15) is 34.1 Å². The SMILES string of the molecule is C[C@H](O)[C@H]1C[C@@H](F)CN1C(=O)OC(C)(C)C. The van der Waals surface area contributed by atoms with Crippen molar-refractivity contribution in [1.82, 2.24) is 4.90 Å². The van der Waals surface area contributed by atoms with Gasteiger partial charge >= 0.3 is 6.09 Å². The zero-order valence-electron chi connectivity index (χ0n) is 10.2. The first kappa shape index (κ1) is 13.2. The fourth-order valence-corrected chi connectivity index (χ4v) is 1.80. The fourth-order valence-electron chi connectivity index (χ4n) is 1.80. The third kappa shape index (κ3) is 3.33. The van der Waals surface area contributed by atoms with Gasteiger partial charge in [0, 0.05) is 6.42 Å². The predicted molar refractivity (Wildman–Crippen MR) is 57.9 cm³/mol. The Balaban J connectivity index is 2.67. The van der Waals surface area contributed by atoms with Crippen LogP contribution in [0.25, 0.3) is 0 Å². The van der Waals surface area contributed by atoms with E-state index < -0.39 is 30.0 Å². The Bertz CT molecular complexity index is 262. The molecule has 16 heavy (non-hydrogen) atoms. The van der Waals surface area contributed by atoms with Gasteiger partial charge in [-0.1, -0.05) is 0 Å². The number of halogens is 1. The number of carbonyl (C=O) groups is 1. The van der Waals surface area contributed by atoms with Crippen LogP contribution in [0.2, 0.25) is 0 Å². The number of amides is 1. The maximum absolute atomic E-state index is 13.2. The molecule has 5 heteroatoms. The second-order valence-corrected chi connectivity index (χ2v) is 5.27. The van der Waals surface area contributed by atoms with Gasteiger partial charge in [0.15, 0.2) is 0 Å². The lowest BCUT2D eigenvalue weighted by Crippen LogP contribution is -2.44. The maximum atomic E-state index is 13.2. The van der Waals surface area contributed by atoms with E-state index in [1.165, 1.54) is 4.90 Å². The Kier molecular flexibility index (Phi) is 3.78. The molecule has 0 unspecified atom stereocenters. The molecule has 4 nitrogen and oxygen atoms in total. The van der Waals surface area contributed by atoms with Gasteiger partial charge in [-0.3, -0.25) is 4.90 Å². The molecule has 1 fully saturated rings. The van der Waals surface area contributed by atoms with Crippen LogP contribution in [0.5, 0.6) is 0 Å². The Morgan fingerprint density at radius 1 is 1.56 bits per heavy atom. The quantitative estimate of drug-likeness (QED) is 0.750. The van der Waals surface area contributed by atoms with E-state index in [4.69, 9.17) is 4.74 Å². The summed E-state index contributed by atoms with van der Waals surface area (Å²) in [6.45, 7) is 6.83. The highest BCUT2D eigenvalue weighted by Crippen LogP contribution is 2.25. The Hall–Kier alpha value is -0.840. The topological polar surface area (TPSA) is 49.8 Å². The lowest BCUT2D eigenvalue weighted by molar-refractivity contribution is 0.00771. The van der Waals surface area contributed by atoms with Gasteiger partial charge in [0.1, 0.15) is 11.8 Å². The largest absolute Gasteiger partial charge is 0.444 e. The molecule has 0 radical (unpaired) electrons. The van der Waals surface area contributed by atoms with Crippen molar-refractivity contribution >= 4 is 6.09 Å². The van der Waals surface area contributed by atoms with Crippen LogP contribution in [0, 0.1) is 0 Å². The zero-order chi connectivity index (χ0) is 12.5. The van der Waals surface area contributed by atoms with Gasteiger partial charge in [0.05, 0.1) is 18.7 Å². The summed E-state index contributed by atoms with van der Waals surface area (Å²) in [6, 6.07) is -0.482. The predicted octanol–water partition coefficient (Wildman–Crippen LogP) is 1.71. The number of ether oxygens (including phenoxy) is 1. The molecule has 0 aromatic carbocycles. The van der Waals surface area contributed by atoms with E-state index in [9.17, 15) is 14.3 Å². The molecule has 1 rings (SSSR count). The summed E-state index contributed by atoms with van der Waals surface area (Å²) < 4.78 is 18.4. The highest BCUT2D eigenvalue weighted by molar-refractivity contribution is 5.69. The van der Waals surface area contributed by atoms with E-state index >= 15 is 0 Å². The molecule has 1 heterocycles. The molecule has 0 aromatic rings. The average molecular weight is 233 g/mol. The third-order valence-electron chi connectivity index (χ3n) is 2.48. The summed E-state index contributed by atoms with van der Waals surface area (Å²) in [7, 11) is 0. The third-order valence-corrected chi connectivity index (χ3v) is 2.48. The van der Waals surface area contributed by atoms with Crippen molar-refractivity contribution in [2.75, 3.05) is 6.54 Å². The van der Waals surface area contributed by atoms with E-state index in [0.29, 0.717) is 0 Å². The molecular formula is C11H20FNO3. The minimum atomic E-state index is -1.08. The van der Waals surface area contributed by atoms with Gasteiger partial charge in [0.2, 0.25) is 0 Å². The summed E-state index contributed by atoms with van der Waals surface area (Å²) in [5.41, 5.74) is -0.602. The van der Waals surface area contributed by atoms with Crippen molar-refractivity contribution in [2.24, 2.45) is 0 Å². The van der Waals surface area contributed by atoms with Crippen LogP contribution < -0.4 is 0 Å². The number of hydrogen-bond acceptors (Lipinski definition) is 3. The van der Waals surface area contributed by atoms with Crippen molar-refractivity contribution < 1.29 is 19.0 Å². The molecule has 0 saturated carbocycles. The highest BCUT2D eigenvalue weighted by atomic mass is 19.1. The zero-order valence-corrected chi connectivity index (χ0v) is 10.2. The highest BCUT2D eigenvalue weighted by Gasteiger charge is 2.39. The molecular weight excluding hydrogens is 213 g/mol. The van der Waals surface area contributed by atoms with Gasteiger partial charge in [0.25, 0.3) is 0 Å². The minimum Gasteiger partial charge on any atom is -0.444 e. The van der Waals surface area contributed by atoms with E-state index in [-0.39, 0.29) is 13.0 Å². The summed E-state index contributed by atoms with van der Waals surface area (Å²) in [5, 5.41) is 9.47. The van der Waals surface area contributed by atoms with Crippen molar-refractivity contribution in [3.05, 3.63) is 0 Å². The van der Waals surface area contributed by atoms with Gasteiger partial charge in [-0.15, -0.1) is 0 Å². The Labute approximate surface area is 95.4 Å². The Morgan fingerprint density at radius 2 is 2.12 bits per heavy atom. The van der Waals surface area contributed by atoms with Crippen molar-refractivity contribution in [3.8, 4) is 0 Å². The van der Waals surface area contributed by atoms with Crippen LogP contribution in [0.15, 0.2) is 0 Å². The van der Waals surface area contributed by atoms with Gasteiger partial charge < -0.3 is 9.84 Å². The lowest BCUT2D eigenvalue weighted by Gasteiger charge is -2.29. The first-order valence-electron chi connectivity index (χ1n) is 5.52. The number of carbonyl (C=O) groups excluding carboxylic acids is 1. The number of nitrogens with zero attached hydrogens (tertiary/aromatic N) is 1. The average Bonchev–Trinajstić information content (AvgIpc) is 2.44. The van der Waals surface area contributed by atoms with Crippen LogP contribution in [0.3, 0.4) is 0 Å². The van der Waals surface area contributed by atoms with Crippen molar-refractivity contribution in [3.63, 3.8) is 0 Å². The van der Waals surface area contributed by atoms with E-state index in [1.807, 2.05) is 0 Å². The standard InChI is InChI=1S/C11H20FNO3/c1-7(14)9-5-8(12)6-13(9)10(15)16-11(2,3)4/h7-9,14H,5-6H2,1-4H3/t7-,8+,9+/m0/s1. The van der Waals surface area contributed by atoms with E-state index in [1.54, 1.807) is 27.7 Å². The first-order chi connectivity index (χ1) is 7.20. The smallest absolute Gasteiger partial charge is 0.410 e. The summed E-state index contributed by atoms with van der Waals surface area (Å²) >= 11 is 0. The van der Waals surface area contributed by atoms with E-state index in [2.05, 4.69) is 0 Å². The Morgan fingerprint density at radius 3 is 2.56 bits per heavy atom. The van der Waals surface area contributed by atoms with Crippen LogP contribution in [-0.2, 0) is 4.74 Å². The van der Waals surface area contributed by atoms with Crippen LogP contribution in [0.4, 0.5) is 9.18 Å². The molecule has 94 valence electrons. The minimum absolute atomic E-state index is 0.00444. The number of hydrogen-bond donors (Lipinski definition) is 1. The molecule has 1 saturated heterocycles. The fraction of sp³-hybridized carbons (Fsp3) is 0.909. The van der Waals surface area contributed by atoms with Crippen molar-refractivity contribution in [2.45, 2.75) is 58.0 Å². The molecule has 1 amide bonds. The molecule has 0 aromatic heterocycles. The lowest BCUT2D eigenvalue weighted by atomic mass is 10.1. The molecule has 3 atom stereocenters. The molecule has 1 aliphatic heterocycles. The summed E-state index contributed by atoms with van der Waals surface area (Å²) in [6.07, 6.45) is -2.20. The molecule has 0 spiro atoms. The van der Waals surface area contributed by atoms with Gasteiger partial charge in [-0.2, -0.15) is 0 Å². The first-order valence-corrected chi connectivity index (χ1v) is 5.52. The summed E-state index contributed by atoms with van der Waals surface area (Å²) in [4.78, 5) is 13.0. The van der Waals surface area contributed by atoms with Crippen LogP contribution >= 0.6 is 0 Å². The molecule has 0 aliphatic carbocycles. The van der Waals surface area contributed by atoms with Crippen molar-refractivity contribution in [1.29, 1.82) is 0 Å². The number of aliphatic hydroxyl groups is 1. The van der Waals surface area contributed by atoms with E-state index in [0.717, 1.165) is 0 Å². The molecule has 0 bridgehead atoms. The number of rotatable bonds is 1. The number of aliphatic hydroxyl groups excluding tert-OH is 1. The maximum Gasteiger partial charge on any atom is 0.410 e. The monoisotopic (exact) mass is 233 g/mol. The number of likely N-dealkylation sites (tertiary alicyclic amines) is 1. The summed E-state index contributed by atoms with van der Waals surface area (Å²) in [5.74, 6) is 0. The number of alkyl halides is 1. The molecule has 1 aliphatic rings. The van der Waals surface area contributed by atoms with Crippen LogP contribution in [-0.4, -0.2) is 46.6 Å². The second kappa shape index (κ2) is 4.57.